The van der Waals surface area contributed by atoms with Gasteiger partial charge in [0.1, 0.15) is 0 Å². The second-order valence-corrected chi connectivity index (χ2v) is 8.46. The molecular formula is C19H28BClN2O3. The highest BCUT2D eigenvalue weighted by Crippen LogP contribution is 2.36. The minimum absolute atomic E-state index is 0.00813. The zero-order valence-electron chi connectivity index (χ0n) is 16.3. The number of benzene rings is 1. The summed E-state index contributed by atoms with van der Waals surface area (Å²) in [5.41, 5.74) is 0.563. The fraction of sp³-hybridized carbons (Fsp3) is 0.632. The summed E-state index contributed by atoms with van der Waals surface area (Å²) in [4.78, 5) is 17.0. The minimum Gasteiger partial charge on any atom is -0.399 e. The summed E-state index contributed by atoms with van der Waals surface area (Å²) in [5.74, 6) is -0.00813. The van der Waals surface area contributed by atoms with Crippen LogP contribution in [0.5, 0.6) is 0 Å². The van der Waals surface area contributed by atoms with Crippen LogP contribution in [-0.4, -0.2) is 66.8 Å². The third-order valence-electron chi connectivity index (χ3n) is 5.86. The summed E-state index contributed by atoms with van der Waals surface area (Å²) in [7, 11) is -0.477. The number of hydrogen-bond donors (Lipinski definition) is 0. The molecule has 2 saturated heterocycles. The Morgan fingerprint density at radius 3 is 2.19 bits per heavy atom. The van der Waals surface area contributed by atoms with E-state index in [1.807, 2.05) is 38.7 Å². The van der Waals surface area contributed by atoms with Crippen molar-refractivity contribution in [2.24, 2.45) is 0 Å². The lowest BCUT2D eigenvalue weighted by Gasteiger charge is -2.34. The van der Waals surface area contributed by atoms with E-state index in [2.05, 4.69) is 11.8 Å². The second kappa shape index (κ2) is 7.15. The maximum absolute atomic E-state index is 12.8. The summed E-state index contributed by atoms with van der Waals surface area (Å²) >= 11 is 6.45. The number of carbonyl (C=O) groups is 1. The van der Waals surface area contributed by atoms with Gasteiger partial charge in [-0.1, -0.05) is 24.6 Å². The lowest BCUT2D eigenvalue weighted by atomic mass is 9.79. The Labute approximate surface area is 161 Å². The van der Waals surface area contributed by atoms with Gasteiger partial charge in [0.2, 0.25) is 0 Å². The summed E-state index contributed by atoms with van der Waals surface area (Å²) in [6.07, 6.45) is 0. The number of likely N-dealkylation sites (N-methyl/N-ethyl adjacent to an activating group) is 1. The Kier molecular flexibility index (Phi) is 5.41. The Bertz CT molecular complexity index is 671. The standard InChI is InChI=1S/C19H28BClN2O3/c1-6-22-9-11-23(12-10-22)17(24)15-8-7-14(13-16(15)21)20-25-18(2,3)19(4,5)26-20/h7-8,13H,6,9-12H2,1-5H3. The van der Waals surface area contributed by atoms with Gasteiger partial charge in [-0.15, -0.1) is 0 Å². The first kappa shape index (κ1) is 19.7. The van der Waals surface area contributed by atoms with Gasteiger partial charge in [-0.25, -0.2) is 0 Å². The van der Waals surface area contributed by atoms with Crippen LogP contribution in [0.4, 0.5) is 0 Å². The van der Waals surface area contributed by atoms with E-state index in [-0.39, 0.29) is 5.91 Å². The first-order valence-electron chi connectivity index (χ1n) is 9.31. The number of rotatable bonds is 3. The molecule has 1 amide bonds. The van der Waals surface area contributed by atoms with Gasteiger partial charge in [0, 0.05) is 26.2 Å². The van der Waals surface area contributed by atoms with Crippen LogP contribution >= 0.6 is 11.6 Å². The first-order valence-corrected chi connectivity index (χ1v) is 9.69. The van der Waals surface area contributed by atoms with Crippen molar-refractivity contribution in [2.45, 2.75) is 45.8 Å². The van der Waals surface area contributed by atoms with Gasteiger partial charge in [-0.2, -0.15) is 0 Å². The molecule has 26 heavy (non-hydrogen) atoms. The van der Waals surface area contributed by atoms with Gasteiger partial charge in [-0.3, -0.25) is 4.79 Å². The molecule has 0 aliphatic carbocycles. The van der Waals surface area contributed by atoms with E-state index in [4.69, 9.17) is 20.9 Å². The highest BCUT2D eigenvalue weighted by atomic mass is 35.5. The van der Waals surface area contributed by atoms with Gasteiger partial charge in [0.15, 0.2) is 0 Å². The van der Waals surface area contributed by atoms with Crippen molar-refractivity contribution in [3.8, 4) is 0 Å². The second-order valence-electron chi connectivity index (χ2n) is 8.05. The quantitative estimate of drug-likeness (QED) is 0.758. The Balaban J connectivity index is 1.73. The molecule has 0 bridgehead atoms. The number of amides is 1. The molecule has 0 saturated carbocycles. The van der Waals surface area contributed by atoms with E-state index >= 15 is 0 Å². The van der Waals surface area contributed by atoms with Crippen LogP contribution in [0.3, 0.4) is 0 Å². The molecule has 142 valence electrons. The topological polar surface area (TPSA) is 42.0 Å². The molecule has 2 fully saturated rings. The van der Waals surface area contributed by atoms with Gasteiger partial charge >= 0.3 is 7.12 Å². The van der Waals surface area contributed by atoms with E-state index in [9.17, 15) is 4.79 Å². The zero-order valence-corrected chi connectivity index (χ0v) is 17.1. The summed E-state index contributed by atoms with van der Waals surface area (Å²) in [6.45, 7) is 14.5. The van der Waals surface area contributed by atoms with E-state index in [1.165, 1.54) is 0 Å². The SMILES string of the molecule is CCN1CCN(C(=O)c2ccc(B3OC(C)(C)C(C)(C)O3)cc2Cl)CC1. The van der Waals surface area contributed by atoms with Crippen LogP contribution in [-0.2, 0) is 9.31 Å². The van der Waals surface area contributed by atoms with Crippen molar-refractivity contribution in [3.05, 3.63) is 28.8 Å². The average molecular weight is 379 g/mol. The fourth-order valence-corrected chi connectivity index (χ4v) is 3.54. The lowest BCUT2D eigenvalue weighted by molar-refractivity contribution is 0.00578. The molecule has 3 rings (SSSR count). The third kappa shape index (κ3) is 3.65. The van der Waals surface area contributed by atoms with Crippen molar-refractivity contribution in [1.82, 2.24) is 9.80 Å². The van der Waals surface area contributed by atoms with Gasteiger partial charge in [0.05, 0.1) is 21.8 Å². The zero-order chi connectivity index (χ0) is 19.1. The number of carbonyl (C=O) groups excluding carboxylic acids is 1. The van der Waals surface area contributed by atoms with Crippen LogP contribution in [0.25, 0.3) is 0 Å². The monoisotopic (exact) mass is 378 g/mol. The van der Waals surface area contributed by atoms with Crippen LogP contribution in [0, 0.1) is 0 Å². The number of hydrogen-bond acceptors (Lipinski definition) is 4. The molecule has 0 unspecified atom stereocenters. The molecule has 2 aliphatic rings. The Morgan fingerprint density at radius 2 is 1.69 bits per heavy atom. The highest BCUT2D eigenvalue weighted by Gasteiger charge is 2.51. The van der Waals surface area contributed by atoms with E-state index in [1.54, 1.807) is 12.1 Å². The van der Waals surface area contributed by atoms with Crippen molar-refractivity contribution in [3.63, 3.8) is 0 Å². The van der Waals surface area contributed by atoms with Crippen LogP contribution < -0.4 is 5.46 Å². The number of piperazine rings is 1. The Morgan fingerprint density at radius 1 is 1.12 bits per heavy atom. The summed E-state index contributed by atoms with van der Waals surface area (Å²) < 4.78 is 12.1. The summed E-state index contributed by atoms with van der Waals surface area (Å²) in [6, 6.07) is 5.46. The van der Waals surface area contributed by atoms with Crippen molar-refractivity contribution in [2.75, 3.05) is 32.7 Å². The number of nitrogens with zero attached hydrogens (tertiary/aromatic N) is 2. The molecule has 0 N–H and O–H groups in total. The average Bonchev–Trinajstić information content (AvgIpc) is 2.82. The van der Waals surface area contributed by atoms with E-state index in [0.29, 0.717) is 10.6 Å². The molecule has 2 heterocycles. The predicted octanol–water partition coefficient (Wildman–Crippen LogP) is 2.42. The van der Waals surface area contributed by atoms with Crippen molar-refractivity contribution < 1.29 is 14.1 Å². The van der Waals surface area contributed by atoms with Gasteiger partial charge in [0.25, 0.3) is 5.91 Å². The summed E-state index contributed by atoms with van der Waals surface area (Å²) in [5, 5.41) is 0.445. The molecule has 0 atom stereocenters. The smallest absolute Gasteiger partial charge is 0.399 e. The molecule has 1 aromatic carbocycles. The Hall–Kier alpha value is -1.08. The fourth-order valence-electron chi connectivity index (χ4n) is 3.27. The highest BCUT2D eigenvalue weighted by molar-refractivity contribution is 6.62. The largest absolute Gasteiger partial charge is 0.494 e. The van der Waals surface area contributed by atoms with Gasteiger partial charge < -0.3 is 19.1 Å². The molecule has 0 radical (unpaired) electrons. The maximum atomic E-state index is 12.8. The van der Waals surface area contributed by atoms with Gasteiger partial charge in [-0.05, 0) is 51.8 Å². The van der Waals surface area contributed by atoms with Crippen LogP contribution in [0.15, 0.2) is 18.2 Å². The van der Waals surface area contributed by atoms with Crippen LogP contribution in [0.2, 0.25) is 5.02 Å². The molecule has 5 nitrogen and oxygen atoms in total. The van der Waals surface area contributed by atoms with E-state index < -0.39 is 18.3 Å². The first-order chi connectivity index (χ1) is 12.1. The van der Waals surface area contributed by atoms with Crippen molar-refractivity contribution in [1.29, 1.82) is 0 Å². The molecule has 0 spiro atoms. The normalized spacial score (nSPS) is 22.7. The molecular weight excluding hydrogens is 350 g/mol. The molecule has 1 aromatic rings. The van der Waals surface area contributed by atoms with E-state index in [0.717, 1.165) is 38.2 Å². The molecule has 0 aromatic heterocycles. The van der Waals surface area contributed by atoms with Crippen molar-refractivity contribution >= 4 is 30.1 Å². The third-order valence-corrected chi connectivity index (χ3v) is 6.17. The lowest BCUT2D eigenvalue weighted by Crippen LogP contribution is -2.48. The number of halogens is 1. The van der Waals surface area contributed by atoms with Crippen LogP contribution in [0.1, 0.15) is 45.0 Å². The molecule has 7 heteroatoms. The minimum atomic E-state index is -0.477. The predicted molar refractivity (Wildman–Crippen MR) is 105 cm³/mol. The molecule has 2 aliphatic heterocycles. The maximum Gasteiger partial charge on any atom is 0.494 e.